The van der Waals surface area contributed by atoms with Crippen LogP contribution in [-0.4, -0.2) is 28.9 Å². The van der Waals surface area contributed by atoms with Crippen molar-refractivity contribution in [2.75, 3.05) is 12.8 Å². The molecule has 1 aliphatic heterocycles. The second kappa shape index (κ2) is 5.27. The Kier molecular flexibility index (Phi) is 3.52. The predicted octanol–water partition coefficient (Wildman–Crippen LogP) is 2.03. The maximum Gasteiger partial charge on any atom is 0.239 e. The summed E-state index contributed by atoms with van der Waals surface area (Å²) >= 11 is 1.40. The van der Waals surface area contributed by atoms with E-state index >= 15 is 0 Å². The fourth-order valence-corrected chi connectivity index (χ4v) is 3.84. The van der Waals surface area contributed by atoms with E-state index in [0.717, 1.165) is 10.4 Å². The van der Waals surface area contributed by atoms with E-state index in [1.807, 2.05) is 13.0 Å². The average molecular weight is 330 g/mol. The number of nitrogen functional groups attached to an aromatic ring is 1. The summed E-state index contributed by atoms with van der Waals surface area (Å²) < 4.78 is 0. The average Bonchev–Trinajstić information content (AvgIpc) is 2.94. The van der Waals surface area contributed by atoms with Crippen molar-refractivity contribution in [3.63, 3.8) is 0 Å². The summed E-state index contributed by atoms with van der Waals surface area (Å²) in [6.45, 7) is 1.90. The van der Waals surface area contributed by atoms with Gasteiger partial charge in [-0.15, -0.1) is 11.3 Å². The summed E-state index contributed by atoms with van der Waals surface area (Å²) in [7, 11) is 1.58. The number of thiophene rings is 1. The number of nitrogens with zero attached hydrogens (tertiary/aromatic N) is 1. The molecule has 2 heterocycles. The lowest BCUT2D eigenvalue weighted by Crippen LogP contribution is -2.62. The summed E-state index contributed by atoms with van der Waals surface area (Å²) in [5, 5.41) is 21.4. The third-order valence-corrected chi connectivity index (χ3v) is 5.39. The molecule has 5 N–H and O–H groups in total. The van der Waals surface area contributed by atoms with Crippen LogP contribution in [0, 0.1) is 5.41 Å². The molecule has 23 heavy (non-hydrogen) atoms. The monoisotopic (exact) mass is 330 g/mol. The maximum atomic E-state index is 12.9. The van der Waals surface area contributed by atoms with Gasteiger partial charge in [-0.3, -0.25) is 15.1 Å². The Morgan fingerprint density at radius 1 is 1.30 bits per heavy atom. The van der Waals surface area contributed by atoms with Crippen LogP contribution in [0.5, 0.6) is 5.75 Å². The minimum Gasteiger partial charge on any atom is -0.508 e. The molecule has 1 fully saturated rings. The molecular weight excluding hydrogens is 312 g/mol. The number of benzene rings is 1. The molecule has 1 amide bonds. The highest BCUT2D eigenvalue weighted by Crippen LogP contribution is 2.43. The molecule has 3 rings (SSSR count). The van der Waals surface area contributed by atoms with Gasteiger partial charge in [0.25, 0.3) is 0 Å². The topological polar surface area (TPSA) is 102 Å². The van der Waals surface area contributed by atoms with Gasteiger partial charge in [0.15, 0.2) is 5.96 Å². The molecule has 0 saturated carbocycles. The molecular formula is C16H18N4O2S. The fourth-order valence-electron chi connectivity index (χ4n) is 2.93. The van der Waals surface area contributed by atoms with Crippen LogP contribution in [0.3, 0.4) is 0 Å². The zero-order valence-electron chi connectivity index (χ0n) is 12.8. The largest absolute Gasteiger partial charge is 0.508 e. The van der Waals surface area contributed by atoms with Crippen LogP contribution < -0.4 is 11.1 Å². The highest BCUT2D eigenvalue weighted by Gasteiger charge is 2.49. The number of nitrogens with two attached hydrogens (primary N) is 1. The normalized spacial score (nSPS) is 24.6. The Bertz CT molecular complexity index is 771. The van der Waals surface area contributed by atoms with Gasteiger partial charge in [0.05, 0.1) is 16.5 Å². The van der Waals surface area contributed by atoms with Gasteiger partial charge in [-0.1, -0.05) is 12.1 Å². The summed E-state index contributed by atoms with van der Waals surface area (Å²) in [6, 6.07) is 10.3. The number of anilines is 1. The first kappa shape index (κ1) is 15.4. The van der Waals surface area contributed by atoms with Crippen molar-refractivity contribution in [1.82, 2.24) is 10.2 Å². The number of phenols is 1. The molecule has 0 spiro atoms. The summed E-state index contributed by atoms with van der Waals surface area (Å²) in [4.78, 5) is 15.1. The number of amides is 1. The molecule has 1 aromatic carbocycles. The standard InChI is InChI=1S/C16H18N4O2S/c1-16(11-7-8-12(17)23-11)13(9-3-5-10(21)6-4-9)14(22)20(2)15(18)19-16/h3-8,13,21H,17H2,1-2H3,(H2,18,19)/t13?,16-/m1/s1. The van der Waals surface area contributed by atoms with Crippen LogP contribution in [0.25, 0.3) is 0 Å². The number of phenolic OH excluding ortho intramolecular Hbond substituents is 1. The number of rotatable bonds is 2. The second-order valence-corrected chi connectivity index (χ2v) is 6.92. The number of hydrogen-bond donors (Lipinski definition) is 4. The summed E-state index contributed by atoms with van der Waals surface area (Å²) in [6.07, 6.45) is 0. The Hall–Kier alpha value is -2.54. The summed E-state index contributed by atoms with van der Waals surface area (Å²) in [5.41, 5.74) is 5.85. The van der Waals surface area contributed by atoms with Crippen LogP contribution in [0.4, 0.5) is 5.00 Å². The minimum absolute atomic E-state index is 0.0551. The Balaban J connectivity index is 2.15. The van der Waals surface area contributed by atoms with Crippen LogP contribution in [-0.2, 0) is 10.3 Å². The molecule has 6 nitrogen and oxygen atoms in total. The van der Waals surface area contributed by atoms with E-state index < -0.39 is 11.5 Å². The second-order valence-electron chi connectivity index (χ2n) is 5.80. The Labute approximate surface area is 138 Å². The molecule has 0 radical (unpaired) electrons. The zero-order chi connectivity index (χ0) is 16.8. The molecule has 1 saturated heterocycles. The van der Waals surface area contributed by atoms with Crippen molar-refractivity contribution >= 4 is 28.2 Å². The first-order valence-corrected chi connectivity index (χ1v) is 7.93. The van der Waals surface area contributed by atoms with Gasteiger partial charge in [0.2, 0.25) is 5.91 Å². The number of nitrogens with one attached hydrogen (secondary N) is 2. The lowest BCUT2D eigenvalue weighted by molar-refractivity contribution is -0.131. The van der Waals surface area contributed by atoms with E-state index in [1.54, 1.807) is 37.4 Å². The van der Waals surface area contributed by atoms with Crippen molar-refractivity contribution in [2.45, 2.75) is 18.4 Å². The van der Waals surface area contributed by atoms with E-state index in [-0.39, 0.29) is 17.6 Å². The Morgan fingerprint density at radius 2 is 1.96 bits per heavy atom. The molecule has 0 aliphatic carbocycles. The van der Waals surface area contributed by atoms with Crippen LogP contribution in [0.1, 0.15) is 23.3 Å². The van der Waals surface area contributed by atoms with Gasteiger partial charge in [-0.05, 0) is 36.8 Å². The van der Waals surface area contributed by atoms with Crippen LogP contribution in [0.15, 0.2) is 36.4 Å². The zero-order valence-corrected chi connectivity index (χ0v) is 13.6. The van der Waals surface area contributed by atoms with Crippen molar-refractivity contribution in [3.05, 3.63) is 46.8 Å². The number of carbonyl (C=O) groups is 1. The van der Waals surface area contributed by atoms with Gasteiger partial charge >= 0.3 is 0 Å². The lowest BCUT2D eigenvalue weighted by Gasteiger charge is -2.45. The lowest BCUT2D eigenvalue weighted by atomic mass is 9.77. The minimum atomic E-state index is -0.778. The fraction of sp³-hybridized carbons (Fsp3) is 0.250. The molecule has 2 aromatic rings. The van der Waals surface area contributed by atoms with Crippen LogP contribution in [0.2, 0.25) is 0 Å². The molecule has 7 heteroatoms. The quantitative estimate of drug-likeness (QED) is 0.676. The Morgan fingerprint density at radius 3 is 2.52 bits per heavy atom. The number of likely N-dealkylation sites (N-methyl/N-ethyl adjacent to an activating group) is 1. The van der Waals surface area contributed by atoms with Gasteiger partial charge < -0.3 is 16.2 Å². The third-order valence-electron chi connectivity index (χ3n) is 4.23. The van der Waals surface area contributed by atoms with Gasteiger partial charge in [0.1, 0.15) is 5.75 Å². The van der Waals surface area contributed by atoms with E-state index in [2.05, 4.69) is 5.32 Å². The molecule has 120 valence electrons. The highest BCUT2D eigenvalue weighted by molar-refractivity contribution is 7.16. The van der Waals surface area contributed by atoms with Gasteiger partial charge in [0, 0.05) is 11.9 Å². The van der Waals surface area contributed by atoms with Crippen molar-refractivity contribution in [2.24, 2.45) is 0 Å². The number of hydrogen-bond acceptors (Lipinski definition) is 5. The van der Waals surface area contributed by atoms with Gasteiger partial charge in [-0.2, -0.15) is 0 Å². The summed E-state index contributed by atoms with van der Waals surface area (Å²) in [5.74, 6) is -0.498. The first-order valence-electron chi connectivity index (χ1n) is 7.12. The molecule has 1 aliphatic rings. The third kappa shape index (κ3) is 2.43. The number of carbonyl (C=O) groups excluding carboxylic acids is 1. The highest BCUT2D eigenvalue weighted by atomic mass is 32.1. The van der Waals surface area contributed by atoms with Crippen molar-refractivity contribution < 1.29 is 9.90 Å². The van der Waals surface area contributed by atoms with Crippen molar-refractivity contribution in [3.8, 4) is 5.75 Å². The molecule has 2 atom stereocenters. The molecule has 1 aromatic heterocycles. The number of aromatic hydroxyl groups is 1. The van der Waals surface area contributed by atoms with E-state index in [9.17, 15) is 9.90 Å². The van der Waals surface area contributed by atoms with E-state index in [0.29, 0.717) is 5.00 Å². The van der Waals surface area contributed by atoms with E-state index in [4.69, 9.17) is 11.1 Å². The van der Waals surface area contributed by atoms with Crippen molar-refractivity contribution in [1.29, 1.82) is 5.41 Å². The molecule has 1 unspecified atom stereocenters. The number of guanidine groups is 1. The van der Waals surface area contributed by atoms with Crippen LogP contribution >= 0.6 is 11.3 Å². The van der Waals surface area contributed by atoms with Gasteiger partial charge in [-0.25, -0.2) is 0 Å². The smallest absolute Gasteiger partial charge is 0.239 e. The predicted molar refractivity (Wildman–Crippen MR) is 90.6 cm³/mol. The SMILES string of the molecule is CN1C(=N)N[C@](C)(c2ccc(N)s2)C(c2ccc(O)cc2)C1=O. The van der Waals surface area contributed by atoms with E-state index in [1.165, 1.54) is 16.2 Å². The maximum absolute atomic E-state index is 12.9. The molecule has 0 bridgehead atoms. The first-order chi connectivity index (χ1) is 10.8.